The number of pyridine rings is 1. The first-order chi connectivity index (χ1) is 17.3. The molecule has 1 aromatic carbocycles. The normalized spacial score (nSPS) is 12.6. The lowest BCUT2D eigenvalue weighted by Gasteiger charge is -2.32. The number of esters is 1. The summed E-state index contributed by atoms with van der Waals surface area (Å²) in [6.07, 6.45) is 1.90. The van der Waals surface area contributed by atoms with Gasteiger partial charge in [0.1, 0.15) is 5.75 Å². The van der Waals surface area contributed by atoms with Gasteiger partial charge in [0.25, 0.3) is 0 Å². The van der Waals surface area contributed by atoms with E-state index in [-0.39, 0.29) is 5.75 Å². The number of alkyl halides is 6. The molecule has 3 aromatic rings. The Labute approximate surface area is 209 Å². The van der Waals surface area contributed by atoms with Crippen molar-refractivity contribution in [2.24, 2.45) is 7.05 Å². The van der Waals surface area contributed by atoms with E-state index in [4.69, 9.17) is 4.74 Å². The Bertz CT molecular complexity index is 1300. The maximum atomic E-state index is 14.2. The number of halogens is 6. The van der Waals surface area contributed by atoms with Crippen LogP contribution in [0.15, 0.2) is 49.1 Å². The number of carbonyl (C=O) groups is 1. The van der Waals surface area contributed by atoms with Gasteiger partial charge < -0.3 is 14.0 Å². The van der Waals surface area contributed by atoms with Gasteiger partial charge in [-0.1, -0.05) is 20.4 Å². The van der Waals surface area contributed by atoms with Crippen LogP contribution in [0, 0.1) is 0 Å². The van der Waals surface area contributed by atoms with Crippen LogP contribution in [0.4, 0.5) is 26.3 Å². The number of carbonyl (C=O) groups excluding carboxylic acids is 1. The number of ether oxygens (including phenoxy) is 2. The van der Waals surface area contributed by atoms with Gasteiger partial charge in [-0.25, -0.2) is 4.79 Å². The van der Waals surface area contributed by atoms with Crippen LogP contribution in [-0.2, 0) is 29.4 Å². The Kier molecular flexibility index (Phi) is 7.94. The number of aryl methyl sites for hydroxylation is 3. The van der Waals surface area contributed by atoms with Gasteiger partial charge >= 0.3 is 23.7 Å². The summed E-state index contributed by atoms with van der Waals surface area (Å²) < 4.78 is 94.8. The largest absolute Gasteiger partial charge is 0.487 e. The van der Waals surface area contributed by atoms with Crippen molar-refractivity contribution in [3.8, 4) is 17.0 Å². The molecule has 0 aliphatic rings. The summed E-state index contributed by atoms with van der Waals surface area (Å²) in [5.41, 5.74) is 4.04. The first-order valence-corrected chi connectivity index (χ1v) is 11.4. The summed E-state index contributed by atoms with van der Waals surface area (Å²) in [6.45, 7) is 2.61. The molecule has 0 saturated carbocycles. The Morgan fingerprint density at radius 2 is 1.68 bits per heavy atom. The van der Waals surface area contributed by atoms with Crippen molar-refractivity contribution in [2.75, 3.05) is 13.2 Å². The highest BCUT2D eigenvalue weighted by atomic mass is 19.3. The fourth-order valence-corrected chi connectivity index (χ4v) is 3.75. The molecule has 2 aromatic heterocycles. The van der Waals surface area contributed by atoms with Gasteiger partial charge in [0, 0.05) is 41.5 Å². The molecule has 2 heterocycles. The van der Waals surface area contributed by atoms with E-state index in [1.54, 1.807) is 17.7 Å². The highest BCUT2D eigenvalue weighted by Gasteiger charge is 2.72. The van der Waals surface area contributed by atoms with E-state index in [1.165, 1.54) is 12.1 Å². The fraction of sp³-hybridized carbons (Fsp3) is 0.385. The molecule has 0 fully saturated rings. The molecule has 0 aliphatic heterocycles. The molecule has 5 nitrogen and oxygen atoms in total. The van der Waals surface area contributed by atoms with Gasteiger partial charge in [-0.05, 0) is 43.2 Å². The zero-order valence-electron chi connectivity index (χ0n) is 20.5. The van der Waals surface area contributed by atoms with Crippen LogP contribution < -0.4 is 4.74 Å². The number of benzene rings is 1. The third-order valence-corrected chi connectivity index (χ3v) is 5.92. The summed E-state index contributed by atoms with van der Waals surface area (Å²) in [5.74, 6) is -18.2. The third kappa shape index (κ3) is 5.45. The zero-order chi connectivity index (χ0) is 27.6. The fourth-order valence-electron chi connectivity index (χ4n) is 3.75. The number of hydrogen-bond acceptors (Lipinski definition) is 4. The van der Waals surface area contributed by atoms with Crippen LogP contribution in [0.1, 0.15) is 25.2 Å². The topological polar surface area (TPSA) is 53.4 Å². The molecular formula is C26H26F6N2O3. The summed E-state index contributed by atoms with van der Waals surface area (Å²) in [5, 5.41) is 0.721. The molecule has 0 N–H and O–H groups in total. The molecule has 0 unspecified atom stereocenters. The molecule has 37 heavy (non-hydrogen) atoms. The van der Waals surface area contributed by atoms with E-state index in [0.717, 1.165) is 34.5 Å². The number of aromatic nitrogens is 2. The zero-order valence-corrected chi connectivity index (χ0v) is 20.5. The summed E-state index contributed by atoms with van der Waals surface area (Å²) in [4.78, 5) is 15.6. The van der Waals surface area contributed by atoms with Crippen LogP contribution >= 0.6 is 0 Å². The minimum atomic E-state index is -5.86. The number of hydrogen-bond donors (Lipinski definition) is 0. The second-order valence-corrected chi connectivity index (χ2v) is 8.40. The van der Waals surface area contributed by atoms with E-state index in [1.807, 2.05) is 32.0 Å². The summed E-state index contributed by atoms with van der Waals surface area (Å²) in [6, 6.07) is 9.92. The lowest BCUT2D eigenvalue weighted by molar-refractivity contribution is -0.322. The third-order valence-electron chi connectivity index (χ3n) is 5.92. The second-order valence-electron chi connectivity index (χ2n) is 8.40. The minimum Gasteiger partial charge on any atom is -0.487 e. The predicted octanol–water partition coefficient (Wildman–Crippen LogP) is 6.38. The van der Waals surface area contributed by atoms with Crippen molar-refractivity contribution < 1.29 is 40.6 Å². The van der Waals surface area contributed by atoms with E-state index in [9.17, 15) is 31.1 Å². The highest BCUT2D eigenvalue weighted by molar-refractivity contribution is 5.88. The molecule has 3 rings (SSSR count). The highest BCUT2D eigenvalue weighted by Crippen LogP contribution is 2.46. The lowest BCUT2D eigenvalue weighted by Crippen LogP contribution is -2.58. The van der Waals surface area contributed by atoms with E-state index >= 15 is 0 Å². The predicted molar refractivity (Wildman–Crippen MR) is 126 cm³/mol. The first kappa shape index (κ1) is 28.1. The average Bonchev–Trinajstić information content (AvgIpc) is 3.20. The molecule has 0 aliphatic carbocycles. The van der Waals surface area contributed by atoms with E-state index in [2.05, 4.69) is 16.3 Å². The number of nitrogens with zero attached hydrogens (tertiary/aromatic N) is 2. The molecule has 11 heteroatoms. The SMILES string of the molecule is C=CC(=O)OCC(F)(F)C(F)(F)C(F)(F)COc1ccc2cc(-c3ccc(CC)nc3CC)n(C)c2c1. The molecule has 0 radical (unpaired) electrons. The van der Waals surface area contributed by atoms with Crippen molar-refractivity contribution >= 4 is 16.9 Å². The van der Waals surface area contributed by atoms with Crippen LogP contribution in [-0.4, -0.2) is 46.5 Å². The Morgan fingerprint density at radius 3 is 2.30 bits per heavy atom. The minimum absolute atomic E-state index is 0.215. The molecule has 200 valence electrons. The van der Waals surface area contributed by atoms with E-state index < -0.39 is 37.0 Å². The molecule has 0 spiro atoms. The van der Waals surface area contributed by atoms with Gasteiger partial charge in [-0.15, -0.1) is 0 Å². The maximum Gasteiger partial charge on any atom is 0.378 e. The average molecular weight is 528 g/mol. The summed E-state index contributed by atoms with van der Waals surface area (Å²) in [7, 11) is 1.74. The Morgan fingerprint density at radius 1 is 1.00 bits per heavy atom. The summed E-state index contributed by atoms with van der Waals surface area (Å²) >= 11 is 0. The number of rotatable bonds is 11. The van der Waals surface area contributed by atoms with Crippen molar-refractivity contribution in [3.05, 3.63) is 60.4 Å². The van der Waals surface area contributed by atoms with Crippen molar-refractivity contribution in [3.63, 3.8) is 0 Å². The Balaban J connectivity index is 1.84. The molecule has 0 saturated heterocycles. The quantitative estimate of drug-likeness (QED) is 0.165. The Hall–Kier alpha value is -3.50. The van der Waals surface area contributed by atoms with Crippen molar-refractivity contribution in [1.29, 1.82) is 0 Å². The van der Waals surface area contributed by atoms with Crippen molar-refractivity contribution in [2.45, 2.75) is 44.5 Å². The molecule has 0 atom stereocenters. The smallest absolute Gasteiger partial charge is 0.378 e. The van der Waals surface area contributed by atoms with Gasteiger partial charge in [0.2, 0.25) is 0 Å². The lowest BCUT2D eigenvalue weighted by atomic mass is 10.1. The van der Waals surface area contributed by atoms with Crippen molar-refractivity contribution in [1.82, 2.24) is 9.55 Å². The van der Waals surface area contributed by atoms with Gasteiger partial charge in [0.05, 0.1) is 11.2 Å². The van der Waals surface area contributed by atoms with Crippen LogP contribution in [0.2, 0.25) is 0 Å². The second kappa shape index (κ2) is 10.5. The molecule has 0 amide bonds. The van der Waals surface area contributed by atoms with Gasteiger partial charge in [-0.3, -0.25) is 4.98 Å². The molecule has 0 bridgehead atoms. The first-order valence-electron chi connectivity index (χ1n) is 11.4. The van der Waals surface area contributed by atoms with Gasteiger partial charge in [-0.2, -0.15) is 26.3 Å². The van der Waals surface area contributed by atoms with Crippen LogP contribution in [0.5, 0.6) is 5.75 Å². The number of fused-ring (bicyclic) bond motifs is 1. The maximum absolute atomic E-state index is 14.2. The van der Waals surface area contributed by atoms with Crippen LogP contribution in [0.25, 0.3) is 22.2 Å². The monoisotopic (exact) mass is 528 g/mol. The van der Waals surface area contributed by atoms with Gasteiger partial charge in [0.15, 0.2) is 13.2 Å². The van der Waals surface area contributed by atoms with Crippen LogP contribution in [0.3, 0.4) is 0 Å². The standard InChI is InChI=1S/C26H26F6N2O3/c1-5-17-9-11-19(20(6-2)33-17)22-12-16-8-10-18(13-21(16)34(22)4)36-14-24(27,28)26(31,32)25(29,30)15-37-23(35)7-3/h7-13H,3,5-6,14-15H2,1-2,4H3. The molecular weight excluding hydrogens is 502 g/mol. The van der Waals surface area contributed by atoms with E-state index in [0.29, 0.717) is 18.0 Å².